The van der Waals surface area contributed by atoms with Crippen LogP contribution in [-0.4, -0.2) is 16.7 Å². The SMILES string of the molecule is CC12CCC(C(=O)NCc3cccnc3)(CC1=O)C2(C)C. The third kappa shape index (κ3) is 1.71. The zero-order chi connectivity index (χ0) is 15.3. The number of carbonyl (C=O) groups excluding carboxylic acids is 2. The molecule has 3 rings (SSSR count). The molecule has 1 amide bonds. The van der Waals surface area contributed by atoms with E-state index in [1.807, 2.05) is 19.1 Å². The number of nitrogens with zero attached hydrogens (tertiary/aromatic N) is 1. The average molecular weight is 286 g/mol. The molecule has 2 aliphatic carbocycles. The minimum atomic E-state index is -0.541. The number of hydrogen-bond donors (Lipinski definition) is 1. The predicted octanol–water partition coefficient (Wildman–Crippen LogP) is 2.48. The molecule has 2 atom stereocenters. The molecule has 112 valence electrons. The molecule has 0 spiro atoms. The van der Waals surface area contributed by atoms with Gasteiger partial charge in [-0.2, -0.15) is 0 Å². The number of amides is 1. The van der Waals surface area contributed by atoms with Gasteiger partial charge in [0, 0.05) is 30.8 Å². The highest BCUT2D eigenvalue weighted by atomic mass is 16.2. The lowest BCUT2D eigenvalue weighted by Crippen LogP contribution is -2.46. The van der Waals surface area contributed by atoms with E-state index in [0.29, 0.717) is 13.0 Å². The van der Waals surface area contributed by atoms with Crippen LogP contribution in [0.15, 0.2) is 24.5 Å². The molecular weight excluding hydrogens is 264 g/mol. The summed E-state index contributed by atoms with van der Waals surface area (Å²) in [7, 11) is 0. The number of rotatable bonds is 3. The lowest BCUT2D eigenvalue weighted by Gasteiger charge is -2.38. The van der Waals surface area contributed by atoms with Gasteiger partial charge in [-0.3, -0.25) is 14.6 Å². The van der Waals surface area contributed by atoms with Gasteiger partial charge in [-0.25, -0.2) is 0 Å². The Bertz CT molecular complexity index is 596. The van der Waals surface area contributed by atoms with Crippen molar-refractivity contribution < 1.29 is 9.59 Å². The van der Waals surface area contributed by atoms with Gasteiger partial charge in [0.15, 0.2) is 0 Å². The topological polar surface area (TPSA) is 59.1 Å². The van der Waals surface area contributed by atoms with Gasteiger partial charge >= 0.3 is 0 Å². The smallest absolute Gasteiger partial charge is 0.227 e. The second-order valence-electron chi connectivity index (χ2n) is 7.18. The van der Waals surface area contributed by atoms with Gasteiger partial charge < -0.3 is 5.32 Å². The van der Waals surface area contributed by atoms with Crippen LogP contribution in [0.4, 0.5) is 0 Å². The first-order valence-electron chi connectivity index (χ1n) is 7.54. The Balaban J connectivity index is 1.80. The summed E-state index contributed by atoms with van der Waals surface area (Å²) < 4.78 is 0. The van der Waals surface area contributed by atoms with Crippen molar-refractivity contribution in [1.82, 2.24) is 10.3 Å². The van der Waals surface area contributed by atoms with Crippen LogP contribution < -0.4 is 5.32 Å². The molecule has 1 N–H and O–H groups in total. The summed E-state index contributed by atoms with van der Waals surface area (Å²) in [4.78, 5) is 29.2. The lowest BCUT2D eigenvalue weighted by atomic mass is 9.64. The highest BCUT2D eigenvalue weighted by Gasteiger charge is 2.72. The van der Waals surface area contributed by atoms with E-state index in [0.717, 1.165) is 18.4 Å². The molecule has 0 saturated heterocycles. The first-order chi connectivity index (χ1) is 9.83. The second-order valence-corrected chi connectivity index (χ2v) is 7.18. The number of aromatic nitrogens is 1. The quantitative estimate of drug-likeness (QED) is 0.928. The number of carbonyl (C=O) groups is 2. The first-order valence-corrected chi connectivity index (χ1v) is 7.54. The van der Waals surface area contributed by atoms with E-state index in [2.05, 4.69) is 24.1 Å². The van der Waals surface area contributed by atoms with Crippen molar-refractivity contribution in [2.45, 2.75) is 46.6 Å². The fourth-order valence-electron chi connectivity index (χ4n) is 4.21. The Labute approximate surface area is 125 Å². The highest BCUT2D eigenvalue weighted by molar-refractivity contribution is 5.99. The summed E-state index contributed by atoms with van der Waals surface area (Å²) in [6, 6.07) is 3.80. The summed E-state index contributed by atoms with van der Waals surface area (Å²) in [6.07, 6.45) is 5.47. The summed E-state index contributed by atoms with van der Waals surface area (Å²) in [5.74, 6) is 0.265. The van der Waals surface area contributed by atoms with Crippen molar-refractivity contribution in [2.24, 2.45) is 16.2 Å². The number of nitrogens with one attached hydrogen (secondary N) is 1. The monoisotopic (exact) mass is 286 g/mol. The molecule has 2 fully saturated rings. The van der Waals surface area contributed by atoms with E-state index in [-0.39, 0.29) is 22.5 Å². The van der Waals surface area contributed by atoms with E-state index in [4.69, 9.17) is 0 Å². The standard InChI is InChI=1S/C17H22N2O2/c1-15(2)16(3)6-7-17(15,9-13(16)20)14(21)19-11-12-5-4-8-18-10-12/h4-5,8,10H,6-7,9,11H2,1-3H3,(H,19,21). The molecule has 1 aromatic heterocycles. The van der Waals surface area contributed by atoms with Crippen LogP contribution in [0.5, 0.6) is 0 Å². The van der Waals surface area contributed by atoms with Crippen molar-refractivity contribution >= 4 is 11.7 Å². The van der Waals surface area contributed by atoms with E-state index in [1.54, 1.807) is 12.4 Å². The molecule has 2 unspecified atom stereocenters. The Morgan fingerprint density at radius 1 is 1.33 bits per heavy atom. The maximum Gasteiger partial charge on any atom is 0.227 e. The van der Waals surface area contributed by atoms with Gasteiger partial charge in [0.2, 0.25) is 5.91 Å². The molecule has 21 heavy (non-hydrogen) atoms. The molecule has 4 heteroatoms. The predicted molar refractivity (Wildman–Crippen MR) is 79.3 cm³/mol. The molecule has 0 aromatic carbocycles. The van der Waals surface area contributed by atoms with Gasteiger partial charge in [0.05, 0.1) is 5.41 Å². The largest absolute Gasteiger partial charge is 0.351 e. The number of hydrogen-bond acceptors (Lipinski definition) is 3. The number of fused-ring (bicyclic) bond motifs is 2. The van der Waals surface area contributed by atoms with Crippen LogP contribution in [0.3, 0.4) is 0 Å². The summed E-state index contributed by atoms with van der Waals surface area (Å²) >= 11 is 0. The van der Waals surface area contributed by atoms with E-state index < -0.39 is 5.41 Å². The minimum absolute atomic E-state index is 0.0194. The van der Waals surface area contributed by atoms with Crippen LogP contribution in [0.2, 0.25) is 0 Å². The molecule has 2 bridgehead atoms. The summed E-state index contributed by atoms with van der Waals surface area (Å²) in [5.41, 5.74) is -0.194. The normalized spacial score (nSPS) is 33.2. The van der Waals surface area contributed by atoms with Gasteiger partial charge in [0.1, 0.15) is 5.78 Å². The van der Waals surface area contributed by atoms with Crippen molar-refractivity contribution in [3.05, 3.63) is 30.1 Å². The zero-order valence-corrected chi connectivity index (χ0v) is 12.9. The van der Waals surface area contributed by atoms with Gasteiger partial charge in [0.25, 0.3) is 0 Å². The number of pyridine rings is 1. The van der Waals surface area contributed by atoms with Crippen LogP contribution in [0.25, 0.3) is 0 Å². The fraction of sp³-hybridized carbons (Fsp3) is 0.588. The Morgan fingerprint density at radius 3 is 2.62 bits per heavy atom. The summed E-state index contributed by atoms with van der Waals surface area (Å²) in [6.45, 7) is 6.65. The molecule has 4 nitrogen and oxygen atoms in total. The van der Waals surface area contributed by atoms with Crippen LogP contribution >= 0.6 is 0 Å². The van der Waals surface area contributed by atoms with Gasteiger partial charge in [-0.05, 0) is 29.9 Å². The van der Waals surface area contributed by atoms with E-state index >= 15 is 0 Å². The molecule has 0 aliphatic heterocycles. The van der Waals surface area contributed by atoms with E-state index in [1.165, 1.54) is 0 Å². The van der Waals surface area contributed by atoms with Crippen molar-refractivity contribution in [1.29, 1.82) is 0 Å². The average Bonchev–Trinajstić information content (AvgIpc) is 2.76. The Morgan fingerprint density at radius 2 is 2.10 bits per heavy atom. The zero-order valence-electron chi connectivity index (χ0n) is 12.9. The van der Waals surface area contributed by atoms with Crippen molar-refractivity contribution in [2.75, 3.05) is 0 Å². The molecule has 2 saturated carbocycles. The van der Waals surface area contributed by atoms with Crippen molar-refractivity contribution in [3.63, 3.8) is 0 Å². The van der Waals surface area contributed by atoms with Crippen LogP contribution in [0.1, 0.15) is 45.6 Å². The summed E-state index contributed by atoms with van der Waals surface area (Å²) in [5, 5.41) is 3.02. The fourth-order valence-corrected chi connectivity index (χ4v) is 4.21. The number of ketones is 1. The minimum Gasteiger partial charge on any atom is -0.351 e. The maximum atomic E-state index is 12.8. The third-order valence-corrected chi connectivity index (χ3v) is 6.32. The van der Waals surface area contributed by atoms with E-state index in [9.17, 15) is 9.59 Å². The highest BCUT2D eigenvalue weighted by Crippen LogP contribution is 2.70. The van der Waals surface area contributed by atoms with Crippen LogP contribution in [0, 0.1) is 16.2 Å². The molecule has 1 aromatic rings. The molecule has 2 aliphatic rings. The first kappa shape index (κ1) is 14.2. The van der Waals surface area contributed by atoms with Gasteiger partial charge in [-0.1, -0.05) is 26.8 Å². The molecule has 0 radical (unpaired) electrons. The molecule has 1 heterocycles. The third-order valence-electron chi connectivity index (χ3n) is 6.32. The second kappa shape index (κ2) is 4.39. The van der Waals surface area contributed by atoms with Crippen molar-refractivity contribution in [3.8, 4) is 0 Å². The Kier molecular flexibility index (Phi) is 2.98. The Hall–Kier alpha value is -1.71. The maximum absolute atomic E-state index is 12.8. The van der Waals surface area contributed by atoms with Crippen LogP contribution in [-0.2, 0) is 16.1 Å². The number of Topliss-reactive ketones (excluding diaryl/α,β-unsaturated/α-hetero) is 1. The van der Waals surface area contributed by atoms with Gasteiger partial charge in [-0.15, -0.1) is 0 Å². The lowest BCUT2D eigenvalue weighted by molar-refractivity contribution is -0.136. The molecular formula is C17H22N2O2.